The molecule has 1 aliphatic heterocycles. The summed E-state index contributed by atoms with van der Waals surface area (Å²) in [4.78, 5) is 16.7. The summed E-state index contributed by atoms with van der Waals surface area (Å²) >= 11 is 12.1. The number of nitrogens with zero attached hydrogens (tertiary/aromatic N) is 4. The molecule has 8 heteroatoms. The van der Waals surface area contributed by atoms with Crippen molar-refractivity contribution in [1.82, 2.24) is 19.6 Å². The zero-order valence-corrected chi connectivity index (χ0v) is 17.7. The molecule has 0 radical (unpaired) electrons. The Morgan fingerprint density at radius 1 is 1.07 bits per heavy atom. The highest BCUT2D eigenvalue weighted by Crippen LogP contribution is 2.29. The van der Waals surface area contributed by atoms with Crippen molar-refractivity contribution in [3.8, 4) is 11.3 Å². The van der Waals surface area contributed by atoms with Gasteiger partial charge in [-0.1, -0.05) is 23.2 Å². The highest BCUT2D eigenvalue weighted by molar-refractivity contribution is 6.42. The first-order valence-electron chi connectivity index (χ1n) is 9.55. The molecule has 0 aliphatic carbocycles. The third kappa shape index (κ3) is 4.66. The van der Waals surface area contributed by atoms with E-state index in [2.05, 4.69) is 17.0 Å². The van der Waals surface area contributed by atoms with Gasteiger partial charge in [0, 0.05) is 50.9 Å². The summed E-state index contributed by atoms with van der Waals surface area (Å²) in [5.41, 5.74) is 1.37. The number of likely N-dealkylation sites (N-methyl/N-ethyl adjacent to an activating group) is 1. The van der Waals surface area contributed by atoms with Crippen molar-refractivity contribution >= 4 is 29.1 Å². The summed E-state index contributed by atoms with van der Waals surface area (Å²) < 4.78 is 7.71. The number of halogens is 2. The average molecular weight is 433 g/mol. The van der Waals surface area contributed by atoms with Gasteiger partial charge < -0.3 is 14.2 Å². The van der Waals surface area contributed by atoms with Crippen LogP contribution >= 0.6 is 23.2 Å². The molecule has 3 heterocycles. The lowest BCUT2D eigenvalue weighted by atomic mass is 10.2. The summed E-state index contributed by atoms with van der Waals surface area (Å²) in [5.74, 6) is 1.58. The molecule has 3 aromatic rings. The molecular formula is C21H22Cl2N4O2. The number of furan rings is 1. The predicted octanol–water partition coefficient (Wildman–Crippen LogP) is 4.08. The van der Waals surface area contributed by atoms with Gasteiger partial charge in [-0.15, -0.1) is 0 Å². The number of carbonyl (C=O) groups excluding carboxylic acids is 1. The normalized spacial score (nSPS) is 15.1. The van der Waals surface area contributed by atoms with Crippen LogP contribution in [-0.2, 0) is 13.0 Å². The summed E-state index contributed by atoms with van der Waals surface area (Å²) in [5, 5.41) is 5.46. The molecule has 0 N–H and O–H groups in total. The molecule has 0 bridgehead atoms. The van der Waals surface area contributed by atoms with Gasteiger partial charge in [0.05, 0.1) is 10.0 Å². The highest BCUT2D eigenvalue weighted by Gasteiger charge is 2.22. The Hall–Kier alpha value is -2.28. The Morgan fingerprint density at radius 2 is 1.86 bits per heavy atom. The van der Waals surface area contributed by atoms with Gasteiger partial charge in [-0.3, -0.25) is 9.48 Å². The molecule has 1 fully saturated rings. The van der Waals surface area contributed by atoms with E-state index in [1.807, 2.05) is 29.3 Å². The fraction of sp³-hybridized carbons (Fsp3) is 0.333. The largest absolute Gasteiger partial charge is 0.461 e. The summed E-state index contributed by atoms with van der Waals surface area (Å²) in [7, 11) is 2.07. The zero-order chi connectivity index (χ0) is 20.4. The molecule has 1 aliphatic rings. The summed E-state index contributed by atoms with van der Waals surface area (Å²) in [6.07, 6.45) is 2.51. The Kier molecular flexibility index (Phi) is 5.94. The van der Waals surface area contributed by atoms with Gasteiger partial charge in [0.1, 0.15) is 17.2 Å². The molecule has 0 unspecified atom stereocenters. The molecule has 4 rings (SSSR count). The van der Waals surface area contributed by atoms with Gasteiger partial charge in [-0.05, 0) is 43.4 Å². The Balaban J connectivity index is 1.36. The number of carbonyl (C=O) groups is 1. The van der Waals surface area contributed by atoms with Gasteiger partial charge in [-0.25, -0.2) is 0 Å². The standard InChI is InChI=1S/C21H22Cl2N4O2/c1-25-10-12-26(13-11-25)21(28)19-7-9-27(24-19)8-6-16-3-5-20(29-16)15-2-4-17(22)18(23)14-15/h2-5,7,9,14H,6,8,10-13H2,1H3. The van der Waals surface area contributed by atoms with Crippen LogP contribution in [0.15, 0.2) is 47.0 Å². The Morgan fingerprint density at radius 3 is 2.62 bits per heavy atom. The Labute approximate surface area is 179 Å². The molecule has 1 saturated heterocycles. The highest BCUT2D eigenvalue weighted by atomic mass is 35.5. The molecular weight excluding hydrogens is 411 g/mol. The van der Waals surface area contributed by atoms with Crippen LogP contribution in [-0.4, -0.2) is 58.7 Å². The maximum absolute atomic E-state index is 12.6. The van der Waals surface area contributed by atoms with E-state index in [1.165, 1.54) is 0 Å². The molecule has 0 spiro atoms. The number of hydrogen-bond donors (Lipinski definition) is 0. The number of aromatic nitrogens is 2. The van der Waals surface area contributed by atoms with Crippen molar-refractivity contribution in [3.05, 3.63) is 64.1 Å². The van der Waals surface area contributed by atoms with Crippen molar-refractivity contribution in [2.75, 3.05) is 33.2 Å². The number of piperazine rings is 1. The average Bonchev–Trinajstić information content (AvgIpc) is 3.38. The van der Waals surface area contributed by atoms with E-state index < -0.39 is 0 Å². The number of benzene rings is 1. The summed E-state index contributed by atoms with van der Waals surface area (Å²) in [6.45, 7) is 3.90. The third-order valence-corrected chi connectivity index (χ3v) is 5.84. The first-order valence-corrected chi connectivity index (χ1v) is 10.3. The van der Waals surface area contributed by atoms with Gasteiger partial charge in [-0.2, -0.15) is 5.10 Å². The minimum Gasteiger partial charge on any atom is -0.461 e. The van der Waals surface area contributed by atoms with Crippen molar-refractivity contribution < 1.29 is 9.21 Å². The van der Waals surface area contributed by atoms with E-state index in [-0.39, 0.29) is 5.91 Å². The van der Waals surface area contributed by atoms with E-state index in [0.717, 1.165) is 43.3 Å². The van der Waals surface area contributed by atoms with Crippen LogP contribution in [0, 0.1) is 0 Å². The Bertz CT molecular complexity index is 1010. The predicted molar refractivity (Wildman–Crippen MR) is 113 cm³/mol. The van der Waals surface area contributed by atoms with Crippen LogP contribution < -0.4 is 0 Å². The maximum Gasteiger partial charge on any atom is 0.274 e. The van der Waals surface area contributed by atoms with E-state index in [0.29, 0.717) is 28.7 Å². The maximum atomic E-state index is 12.6. The molecule has 0 saturated carbocycles. The lowest BCUT2D eigenvalue weighted by Crippen LogP contribution is -2.47. The molecule has 29 heavy (non-hydrogen) atoms. The van der Waals surface area contributed by atoms with E-state index in [9.17, 15) is 4.79 Å². The lowest BCUT2D eigenvalue weighted by molar-refractivity contribution is 0.0657. The number of hydrogen-bond acceptors (Lipinski definition) is 4. The fourth-order valence-electron chi connectivity index (χ4n) is 3.31. The second kappa shape index (κ2) is 8.61. The van der Waals surface area contributed by atoms with Crippen LogP contribution in [0.2, 0.25) is 10.0 Å². The van der Waals surface area contributed by atoms with Crippen molar-refractivity contribution in [3.63, 3.8) is 0 Å². The van der Waals surface area contributed by atoms with Gasteiger partial charge in [0.25, 0.3) is 5.91 Å². The summed E-state index contributed by atoms with van der Waals surface area (Å²) in [6, 6.07) is 11.1. The van der Waals surface area contributed by atoms with Crippen LogP contribution in [0.5, 0.6) is 0 Å². The van der Waals surface area contributed by atoms with E-state index in [1.54, 1.807) is 22.9 Å². The molecule has 2 aromatic heterocycles. The van der Waals surface area contributed by atoms with Gasteiger partial charge >= 0.3 is 0 Å². The van der Waals surface area contributed by atoms with Crippen molar-refractivity contribution in [2.45, 2.75) is 13.0 Å². The van der Waals surface area contributed by atoms with E-state index >= 15 is 0 Å². The van der Waals surface area contributed by atoms with Crippen LogP contribution in [0.3, 0.4) is 0 Å². The number of aryl methyl sites for hydroxylation is 2. The SMILES string of the molecule is CN1CCN(C(=O)c2ccn(CCc3ccc(-c4ccc(Cl)c(Cl)c4)o3)n2)CC1. The minimum atomic E-state index is -0.00301. The first kappa shape index (κ1) is 20.0. The van der Waals surface area contributed by atoms with Crippen LogP contribution in [0.1, 0.15) is 16.2 Å². The molecule has 1 aromatic carbocycles. The molecule has 152 valence electrons. The third-order valence-electron chi connectivity index (χ3n) is 5.10. The molecule has 1 amide bonds. The molecule has 6 nitrogen and oxygen atoms in total. The second-order valence-electron chi connectivity index (χ2n) is 7.20. The number of amides is 1. The van der Waals surface area contributed by atoms with E-state index in [4.69, 9.17) is 27.6 Å². The first-order chi connectivity index (χ1) is 14.0. The second-order valence-corrected chi connectivity index (χ2v) is 8.02. The topological polar surface area (TPSA) is 54.5 Å². The minimum absolute atomic E-state index is 0.00301. The molecule has 0 atom stereocenters. The van der Waals surface area contributed by atoms with Crippen molar-refractivity contribution in [2.24, 2.45) is 0 Å². The quantitative estimate of drug-likeness (QED) is 0.609. The van der Waals surface area contributed by atoms with Crippen LogP contribution in [0.4, 0.5) is 0 Å². The smallest absolute Gasteiger partial charge is 0.274 e. The lowest BCUT2D eigenvalue weighted by Gasteiger charge is -2.31. The zero-order valence-electron chi connectivity index (χ0n) is 16.1. The van der Waals surface area contributed by atoms with Gasteiger partial charge in [0.15, 0.2) is 0 Å². The van der Waals surface area contributed by atoms with Gasteiger partial charge in [0.2, 0.25) is 0 Å². The van der Waals surface area contributed by atoms with Crippen molar-refractivity contribution in [1.29, 1.82) is 0 Å². The number of rotatable bonds is 5. The van der Waals surface area contributed by atoms with Crippen LogP contribution in [0.25, 0.3) is 11.3 Å². The fourth-order valence-corrected chi connectivity index (χ4v) is 3.61. The monoisotopic (exact) mass is 432 g/mol.